The molecule has 4 nitrogen and oxygen atoms in total. The number of rotatable bonds is 4. The summed E-state index contributed by atoms with van der Waals surface area (Å²) in [5.41, 5.74) is 0.482. The minimum absolute atomic E-state index is 0.132. The molecule has 1 unspecified atom stereocenters. The van der Waals surface area contributed by atoms with Gasteiger partial charge < -0.3 is 10.1 Å². The summed E-state index contributed by atoms with van der Waals surface area (Å²) in [4.78, 5) is 11.8. The molecule has 0 aliphatic carbocycles. The summed E-state index contributed by atoms with van der Waals surface area (Å²) < 4.78 is 18.5. The van der Waals surface area contributed by atoms with Crippen molar-refractivity contribution in [3.05, 3.63) is 29.6 Å². The highest BCUT2D eigenvalue weighted by Crippen LogP contribution is 2.19. The fourth-order valence-electron chi connectivity index (χ4n) is 2.26. The Kier molecular flexibility index (Phi) is 5.08. The molecular formula is C15H17FN2O2. The molecule has 1 aromatic carbocycles. The molecule has 0 bridgehead atoms. The maximum atomic E-state index is 13.0. The van der Waals surface area contributed by atoms with Gasteiger partial charge in [-0.2, -0.15) is 5.26 Å². The van der Waals surface area contributed by atoms with Crippen LogP contribution >= 0.6 is 0 Å². The summed E-state index contributed by atoms with van der Waals surface area (Å²) in [5, 5.41) is 11.5. The van der Waals surface area contributed by atoms with Gasteiger partial charge in [0.1, 0.15) is 11.9 Å². The number of halogens is 1. The van der Waals surface area contributed by atoms with Gasteiger partial charge in [0.15, 0.2) is 0 Å². The van der Waals surface area contributed by atoms with E-state index in [-0.39, 0.29) is 17.6 Å². The SMILES string of the molecule is N#Cc1cc(F)ccc1NC(=O)CCC1CCCCO1. The van der Waals surface area contributed by atoms with Crippen LogP contribution in [0.4, 0.5) is 10.1 Å². The van der Waals surface area contributed by atoms with Gasteiger partial charge >= 0.3 is 0 Å². The fourth-order valence-corrected chi connectivity index (χ4v) is 2.26. The standard InChI is InChI=1S/C15H17FN2O2/c16-12-4-6-14(11(9-12)10-17)18-15(19)7-5-13-3-1-2-8-20-13/h4,6,9,13H,1-3,5,7-8H2,(H,18,19). The van der Waals surface area contributed by atoms with Crippen LogP contribution in [-0.4, -0.2) is 18.6 Å². The summed E-state index contributed by atoms with van der Waals surface area (Å²) in [6.45, 7) is 0.767. The number of anilines is 1. The highest BCUT2D eigenvalue weighted by molar-refractivity contribution is 5.92. The van der Waals surface area contributed by atoms with E-state index in [0.717, 1.165) is 31.9 Å². The largest absolute Gasteiger partial charge is 0.378 e. The van der Waals surface area contributed by atoms with E-state index in [1.165, 1.54) is 12.1 Å². The third-order valence-electron chi connectivity index (χ3n) is 3.34. The molecule has 0 radical (unpaired) electrons. The van der Waals surface area contributed by atoms with E-state index in [2.05, 4.69) is 5.32 Å². The molecule has 5 heteroatoms. The van der Waals surface area contributed by atoms with Gasteiger partial charge in [-0.3, -0.25) is 4.79 Å². The molecule has 1 amide bonds. The smallest absolute Gasteiger partial charge is 0.224 e. The molecular weight excluding hydrogens is 259 g/mol. The summed E-state index contributed by atoms with van der Waals surface area (Å²) in [7, 11) is 0. The monoisotopic (exact) mass is 276 g/mol. The maximum Gasteiger partial charge on any atom is 0.224 e. The number of ether oxygens (including phenoxy) is 1. The van der Waals surface area contributed by atoms with Crippen molar-refractivity contribution in [3.63, 3.8) is 0 Å². The normalized spacial score (nSPS) is 18.3. The first-order valence-electron chi connectivity index (χ1n) is 6.80. The van der Waals surface area contributed by atoms with Crippen LogP contribution in [0.1, 0.15) is 37.7 Å². The highest BCUT2D eigenvalue weighted by atomic mass is 19.1. The van der Waals surface area contributed by atoms with E-state index in [0.29, 0.717) is 18.5 Å². The maximum absolute atomic E-state index is 13.0. The predicted molar refractivity (Wildman–Crippen MR) is 72.6 cm³/mol. The van der Waals surface area contributed by atoms with Crippen LogP contribution in [0, 0.1) is 17.1 Å². The van der Waals surface area contributed by atoms with E-state index in [4.69, 9.17) is 10.00 Å². The number of nitriles is 1. The van der Waals surface area contributed by atoms with E-state index in [9.17, 15) is 9.18 Å². The molecule has 1 atom stereocenters. The summed E-state index contributed by atoms with van der Waals surface area (Å²) in [6, 6.07) is 5.61. The van der Waals surface area contributed by atoms with Crippen molar-refractivity contribution in [2.24, 2.45) is 0 Å². The van der Waals surface area contributed by atoms with Crippen LogP contribution in [0.2, 0.25) is 0 Å². The number of carbonyl (C=O) groups is 1. The molecule has 1 heterocycles. The number of nitrogens with one attached hydrogen (secondary N) is 1. The zero-order chi connectivity index (χ0) is 14.4. The molecule has 1 aliphatic heterocycles. The average Bonchev–Trinajstić information content (AvgIpc) is 2.48. The molecule has 0 saturated carbocycles. The Morgan fingerprint density at radius 1 is 1.50 bits per heavy atom. The van der Waals surface area contributed by atoms with Crippen LogP contribution < -0.4 is 5.32 Å². The number of amides is 1. The second kappa shape index (κ2) is 7.01. The number of benzene rings is 1. The predicted octanol–water partition coefficient (Wildman–Crippen LogP) is 2.99. The van der Waals surface area contributed by atoms with E-state index >= 15 is 0 Å². The Labute approximate surface area is 117 Å². The zero-order valence-corrected chi connectivity index (χ0v) is 11.2. The average molecular weight is 276 g/mol. The van der Waals surface area contributed by atoms with Gasteiger partial charge in [0.25, 0.3) is 0 Å². The van der Waals surface area contributed by atoms with Gasteiger partial charge in [-0.15, -0.1) is 0 Å². The Morgan fingerprint density at radius 3 is 3.05 bits per heavy atom. The molecule has 1 aliphatic rings. The quantitative estimate of drug-likeness (QED) is 0.919. The lowest BCUT2D eigenvalue weighted by atomic mass is 10.0. The van der Waals surface area contributed by atoms with Crippen LogP contribution in [0.3, 0.4) is 0 Å². The van der Waals surface area contributed by atoms with Gasteiger partial charge in [-0.25, -0.2) is 4.39 Å². The van der Waals surface area contributed by atoms with Crippen molar-refractivity contribution in [1.29, 1.82) is 5.26 Å². The number of hydrogen-bond donors (Lipinski definition) is 1. The second-order valence-corrected chi connectivity index (χ2v) is 4.88. The van der Waals surface area contributed by atoms with E-state index in [1.54, 1.807) is 0 Å². The van der Waals surface area contributed by atoms with Gasteiger partial charge in [-0.05, 0) is 43.9 Å². The van der Waals surface area contributed by atoms with E-state index in [1.807, 2.05) is 6.07 Å². The van der Waals surface area contributed by atoms with E-state index < -0.39 is 5.82 Å². The van der Waals surface area contributed by atoms with Crippen molar-refractivity contribution < 1.29 is 13.9 Å². The first kappa shape index (κ1) is 14.5. The molecule has 20 heavy (non-hydrogen) atoms. The van der Waals surface area contributed by atoms with Crippen LogP contribution in [0.5, 0.6) is 0 Å². The van der Waals surface area contributed by atoms with Gasteiger partial charge in [-0.1, -0.05) is 0 Å². The highest BCUT2D eigenvalue weighted by Gasteiger charge is 2.16. The Balaban J connectivity index is 1.86. The van der Waals surface area contributed by atoms with Crippen molar-refractivity contribution in [2.45, 2.75) is 38.2 Å². The van der Waals surface area contributed by atoms with Crippen molar-refractivity contribution in [2.75, 3.05) is 11.9 Å². The van der Waals surface area contributed by atoms with Crippen molar-refractivity contribution >= 4 is 11.6 Å². The molecule has 1 saturated heterocycles. The molecule has 1 N–H and O–H groups in total. The number of hydrogen-bond acceptors (Lipinski definition) is 3. The fraction of sp³-hybridized carbons (Fsp3) is 0.467. The first-order chi connectivity index (χ1) is 9.69. The lowest BCUT2D eigenvalue weighted by Gasteiger charge is -2.22. The van der Waals surface area contributed by atoms with Crippen LogP contribution in [0.15, 0.2) is 18.2 Å². The van der Waals surface area contributed by atoms with Crippen molar-refractivity contribution in [1.82, 2.24) is 0 Å². The minimum Gasteiger partial charge on any atom is -0.378 e. The molecule has 2 rings (SSSR count). The number of carbonyl (C=O) groups excluding carboxylic acids is 1. The third-order valence-corrected chi connectivity index (χ3v) is 3.34. The third kappa shape index (κ3) is 4.04. The lowest BCUT2D eigenvalue weighted by Crippen LogP contribution is -2.22. The molecule has 0 aromatic heterocycles. The summed E-state index contributed by atoms with van der Waals surface area (Å²) in [5.74, 6) is -0.669. The van der Waals surface area contributed by atoms with Gasteiger partial charge in [0.05, 0.1) is 17.4 Å². The Hall–Kier alpha value is -1.93. The molecule has 1 fully saturated rings. The minimum atomic E-state index is -0.491. The lowest BCUT2D eigenvalue weighted by molar-refractivity contribution is -0.117. The molecule has 0 spiro atoms. The number of nitrogens with zero attached hydrogens (tertiary/aromatic N) is 1. The summed E-state index contributed by atoms with van der Waals surface area (Å²) in [6.07, 6.45) is 4.39. The van der Waals surface area contributed by atoms with Crippen LogP contribution in [0.25, 0.3) is 0 Å². The summed E-state index contributed by atoms with van der Waals surface area (Å²) >= 11 is 0. The zero-order valence-electron chi connectivity index (χ0n) is 11.2. The second-order valence-electron chi connectivity index (χ2n) is 4.88. The molecule has 106 valence electrons. The Morgan fingerprint density at radius 2 is 2.35 bits per heavy atom. The topological polar surface area (TPSA) is 62.1 Å². The molecule has 1 aromatic rings. The van der Waals surface area contributed by atoms with Crippen LogP contribution in [-0.2, 0) is 9.53 Å². The van der Waals surface area contributed by atoms with Gasteiger partial charge in [0, 0.05) is 13.0 Å². The first-order valence-corrected chi connectivity index (χ1v) is 6.80. The van der Waals surface area contributed by atoms with Crippen molar-refractivity contribution in [3.8, 4) is 6.07 Å². The Bertz CT molecular complexity index is 519. The van der Waals surface area contributed by atoms with Gasteiger partial charge in [0.2, 0.25) is 5.91 Å².